The van der Waals surface area contributed by atoms with E-state index in [1.54, 1.807) is 12.1 Å². The summed E-state index contributed by atoms with van der Waals surface area (Å²) in [6.45, 7) is 1.81. The maximum atomic E-state index is 14.4. The van der Waals surface area contributed by atoms with Crippen LogP contribution < -0.4 is 4.90 Å². The van der Waals surface area contributed by atoms with E-state index in [4.69, 9.17) is 0 Å². The number of hydrogen-bond donors (Lipinski definition) is 1. The molecule has 0 radical (unpaired) electrons. The Labute approximate surface area is 126 Å². The number of nitrogens with one attached hydrogen (secondary N) is 1. The molecule has 0 amide bonds. The predicted molar refractivity (Wildman–Crippen MR) is 82.9 cm³/mol. The molecule has 2 heterocycles. The van der Waals surface area contributed by atoms with Crippen LogP contribution in [0, 0.1) is 11.6 Å². The zero-order chi connectivity index (χ0) is 15.1. The summed E-state index contributed by atoms with van der Waals surface area (Å²) in [5.41, 5.74) is 2.58. The quantitative estimate of drug-likeness (QED) is 0.772. The van der Waals surface area contributed by atoms with Crippen molar-refractivity contribution in [1.29, 1.82) is 0 Å². The van der Waals surface area contributed by atoms with Crippen LogP contribution >= 0.6 is 0 Å². The number of aromatic nitrogens is 2. The van der Waals surface area contributed by atoms with Crippen molar-refractivity contribution in [2.45, 2.75) is 12.8 Å². The summed E-state index contributed by atoms with van der Waals surface area (Å²) in [5, 5.41) is 0. The third-order valence-electron chi connectivity index (χ3n) is 4.11. The third kappa shape index (κ3) is 2.22. The first kappa shape index (κ1) is 13.2. The van der Waals surface area contributed by atoms with Gasteiger partial charge in [0.05, 0.1) is 16.7 Å². The van der Waals surface area contributed by atoms with Gasteiger partial charge in [-0.05, 0) is 49.2 Å². The van der Waals surface area contributed by atoms with Crippen LogP contribution in [0.3, 0.4) is 0 Å². The van der Waals surface area contributed by atoms with Crippen molar-refractivity contribution in [3.63, 3.8) is 0 Å². The highest BCUT2D eigenvalue weighted by atomic mass is 19.1. The summed E-state index contributed by atoms with van der Waals surface area (Å²) in [5.74, 6) is -0.0169. The van der Waals surface area contributed by atoms with Crippen molar-refractivity contribution in [1.82, 2.24) is 9.97 Å². The first-order chi connectivity index (χ1) is 10.7. The topological polar surface area (TPSA) is 31.9 Å². The van der Waals surface area contributed by atoms with Gasteiger partial charge >= 0.3 is 0 Å². The fourth-order valence-electron chi connectivity index (χ4n) is 2.99. The predicted octanol–water partition coefficient (Wildman–Crippen LogP) is 4.11. The van der Waals surface area contributed by atoms with E-state index in [-0.39, 0.29) is 11.6 Å². The molecule has 1 aliphatic heterocycles. The Morgan fingerprint density at radius 1 is 1.00 bits per heavy atom. The molecule has 1 aromatic heterocycles. The minimum atomic E-state index is -0.321. The van der Waals surface area contributed by atoms with Crippen LogP contribution in [0.25, 0.3) is 22.4 Å². The molecule has 0 unspecified atom stereocenters. The van der Waals surface area contributed by atoms with Crippen molar-refractivity contribution in [2.24, 2.45) is 0 Å². The van der Waals surface area contributed by atoms with Crippen molar-refractivity contribution >= 4 is 16.7 Å². The zero-order valence-electron chi connectivity index (χ0n) is 11.9. The highest BCUT2D eigenvalue weighted by molar-refractivity contribution is 5.79. The van der Waals surface area contributed by atoms with Gasteiger partial charge in [-0.15, -0.1) is 0 Å². The van der Waals surface area contributed by atoms with Crippen LogP contribution in [0.4, 0.5) is 14.5 Å². The molecule has 1 N–H and O–H groups in total. The number of halogens is 2. The van der Waals surface area contributed by atoms with Gasteiger partial charge in [0.1, 0.15) is 17.5 Å². The number of benzene rings is 2. The fraction of sp³-hybridized carbons (Fsp3) is 0.235. The Hall–Kier alpha value is -2.43. The van der Waals surface area contributed by atoms with E-state index >= 15 is 0 Å². The fourth-order valence-corrected chi connectivity index (χ4v) is 2.99. The molecule has 5 heteroatoms. The van der Waals surface area contributed by atoms with Gasteiger partial charge in [-0.3, -0.25) is 0 Å². The molecule has 1 aliphatic rings. The molecule has 1 saturated heterocycles. The van der Waals surface area contributed by atoms with E-state index in [1.165, 1.54) is 18.2 Å². The molecule has 0 saturated carbocycles. The summed E-state index contributed by atoms with van der Waals surface area (Å²) in [6.07, 6.45) is 2.21. The molecule has 22 heavy (non-hydrogen) atoms. The van der Waals surface area contributed by atoms with Crippen LogP contribution in [-0.2, 0) is 0 Å². The average Bonchev–Trinajstić information content (AvgIpc) is 3.15. The molecule has 0 aliphatic carbocycles. The number of hydrogen-bond acceptors (Lipinski definition) is 2. The minimum Gasteiger partial charge on any atom is -0.369 e. The maximum absolute atomic E-state index is 14.4. The molecular formula is C17H15F2N3. The zero-order valence-corrected chi connectivity index (χ0v) is 11.9. The number of fused-ring (bicyclic) bond motifs is 1. The van der Waals surface area contributed by atoms with Gasteiger partial charge in [-0.1, -0.05) is 0 Å². The lowest BCUT2D eigenvalue weighted by Crippen LogP contribution is -2.18. The van der Waals surface area contributed by atoms with Gasteiger partial charge in [0, 0.05) is 18.7 Å². The van der Waals surface area contributed by atoms with Crippen LogP contribution in [0.2, 0.25) is 0 Å². The van der Waals surface area contributed by atoms with E-state index in [9.17, 15) is 8.78 Å². The second kappa shape index (κ2) is 5.09. The third-order valence-corrected chi connectivity index (χ3v) is 4.11. The van der Waals surface area contributed by atoms with Gasteiger partial charge in [0.2, 0.25) is 0 Å². The van der Waals surface area contributed by atoms with Crippen LogP contribution in [-0.4, -0.2) is 23.1 Å². The van der Waals surface area contributed by atoms with Gasteiger partial charge in [0.15, 0.2) is 0 Å². The Bertz CT molecular complexity index is 835. The molecular weight excluding hydrogens is 284 g/mol. The SMILES string of the molecule is Fc1ccc2nc(-c3ccc(N4CCCC4)c(F)c3)[nH]c2c1. The van der Waals surface area contributed by atoms with E-state index in [1.807, 2.05) is 6.07 Å². The number of imidazole rings is 1. The summed E-state index contributed by atoms with van der Waals surface area (Å²) < 4.78 is 27.6. The highest BCUT2D eigenvalue weighted by Crippen LogP contribution is 2.28. The molecule has 3 aromatic rings. The van der Waals surface area contributed by atoms with E-state index in [2.05, 4.69) is 14.9 Å². The molecule has 3 nitrogen and oxygen atoms in total. The molecule has 2 aromatic carbocycles. The second-order valence-corrected chi connectivity index (χ2v) is 5.61. The van der Waals surface area contributed by atoms with Crippen LogP contribution in [0.5, 0.6) is 0 Å². The molecule has 112 valence electrons. The largest absolute Gasteiger partial charge is 0.369 e. The van der Waals surface area contributed by atoms with Crippen molar-refractivity contribution < 1.29 is 8.78 Å². The first-order valence-corrected chi connectivity index (χ1v) is 7.41. The highest BCUT2D eigenvalue weighted by Gasteiger charge is 2.17. The van der Waals surface area contributed by atoms with Gasteiger partial charge in [-0.25, -0.2) is 13.8 Å². The van der Waals surface area contributed by atoms with E-state index in [0.29, 0.717) is 28.1 Å². The van der Waals surface area contributed by atoms with Crippen molar-refractivity contribution in [3.05, 3.63) is 48.0 Å². The molecule has 4 rings (SSSR count). The number of anilines is 1. The Kier molecular flexibility index (Phi) is 3.06. The molecule has 0 atom stereocenters. The summed E-state index contributed by atoms with van der Waals surface area (Å²) in [4.78, 5) is 9.49. The Morgan fingerprint density at radius 3 is 2.59 bits per heavy atom. The van der Waals surface area contributed by atoms with Crippen LogP contribution in [0.1, 0.15) is 12.8 Å². The van der Waals surface area contributed by atoms with E-state index in [0.717, 1.165) is 25.9 Å². The first-order valence-electron chi connectivity index (χ1n) is 7.41. The lowest BCUT2D eigenvalue weighted by molar-refractivity contribution is 0.623. The second-order valence-electron chi connectivity index (χ2n) is 5.61. The Morgan fingerprint density at radius 2 is 1.82 bits per heavy atom. The van der Waals surface area contributed by atoms with Crippen molar-refractivity contribution in [2.75, 3.05) is 18.0 Å². The standard InChI is InChI=1S/C17H15F2N3/c18-12-4-5-14-15(10-12)21-17(20-14)11-3-6-16(13(19)9-11)22-7-1-2-8-22/h3-6,9-10H,1-2,7-8H2,(H,20,21). The lowest BCUT2D eigenvalue weighted by Gasteiger charge is -2.18. The molecule has 1 fully saturated rings. The minimum absolute atomic E-state index is 0.244. The van der Waals surface area contributed by atoms with Gasteiger partial charge in [-0.2, -0.15) is 0 Å². The lowest BCUT2D eigenvalue weighted by atomic mass is 10.1. The normalized spacial score (nSPS) is 14.9. The van der Waals surface area contributed by atoms with Gasteiger partial charge in [0.25, 0.3) is 0 Å². The van der Waals surface area contributed by atoms with Crippen LogP contribution in [0.15, 0.2) is 36.4 Å². The maximum Gasteiger partial charge on any atom is 0.147 e. The van der Waals surface area contributed by atoms with E-state index < -0.39 is 0 Å². The average molecular weight is 299 g/mol. The van der Waals surface area contributed by atoms with Gasteiger partial charge < -0.3 is 9.88 Å². The summed E-state index contributed by atoms with van der Waals surface area (Å²) >= 11 is 0. The van der Waals surface area contributed by atoms with Crippen molar-refractivity contribution in [3.8, 4) is 11.4 Å². The monoisotopic (exact) mass is 299 g/mol. The molecule has 0 spiro atoms. The number of rotatable bonds is 2. The number of H-pyrrole nitrogens is 1. The Balaban J connectivity index is 1.73. The number of nitrogens with zero attached hydrogens (tertiary/aromatic N) is 2. The molecule has 0 bridgehead atoms. The summed E-state index contributed by atoms with van der Waals surface area (Å²) in [6, 6.07) is 9.50. The smallest absolute Gasteiger partial charge is 0.147 e. The number of aromatic amines is 1. The summed E-state index contributed by atoms with van der Waals surface area (Å²) in [7, 11) is 0.